The first kappa shape index (κ1) is 26.5. The predicted octanol–water partition coefficient (Wildman–Crippen LogP) is 2.22. The lowest BCUT2D eigenvalue weighted by molar-refractivity contribution is -0.149. The van der Waals surface area contributed by atoms with E-state index in [2.05, 4.69) is 33.4 Å². The average Bonchev–Trinajstić information content (AvgIpc) is 3.76. The normalized spacial score (nSPS) is 35.3. The number of piperazine rings is 2. The Labute approximate surface area is 260 Å². The SMILES string of the molecule is CC[C@@H]1NC(=O)[C@@H]2C[C@]3([C@]45C[C@H]6C(=O)N[C@@H](Cc7ccccc7)C(=O)N6[C@H]4Nc4ccccc45)c4ccccc4N[C@@H]3N2C1=O. The molecule has 4 fully saturated rings. The molecular formula is C35H34N6O4. The Morgan fingerprint density at radius 1 is 0.622 bits per heavy atom. The van der Waals surface area contributed by atoms with Crippen molar-refractivity contribution < 1.29 is 19.2 Å². The van der Waals surface area contributed by atoms with Gasteiger partial charge in [0.1, 0.15) is 36.5 Å². The van der Waals surface area contributed by atoms with E-state index < -0.39 is 47.3 Å². The van der Waals surface area contributed by atoms with E-state index in [9.17, 15) is 19.2 Å². The van der Waals surface area contributed by atoms with Gasteiger partial charge in [-0.3, -0.25) is 19.2 Å². The Balaban J connectivity index is 1.24. The fourth-order valence-corrected chi connectivity index (χ4v) is 9.67. The number of nitrogens with one attached hydrogen (secondary N) is 4. The number of hydrogen-bond acceptors (Lipinski definition) is 6. The number of anilines is 2. The van der Waals surface area contributed by atoms with Crippen molar-refractivity contribution in [1.29, 1.82) is 0 Å². The maximum atomic E-state index is 14.5. The molecule has 0 bridgehead atoms. The molecule has 4 N–H and O–H groups in total. The number of fused-ring (bicyclic) bond motifs is 11. The standard InChI is InChI=1S/C35H34N6O4/c1-2-22-30(44)40-26(28(42)36-22)17-34(20-12-6-8-14-23(20)38-32(34)40)35-18-27-29(43)37-25(16-19-10-4-3-5-11-19)31(45)41(27)33(35)39-24-15-9-7-13-21(24)35/h3-15,22,25-27,32-33,38-39H,2,16-18H2,1H3,(H,36,42)(H,37,43)/t22-,25-,26-,27-,32+,33+,34-,35-/m0/s1. The van der Waals surface area contributed by atoms with Gasteiger partial charge in [0.2, 0.25) is 23.6 Å². The highest BCUT2D eigenvalue weighted by Crippen LogP contribution is 2.68. The van der Waals surface area contributed by atoms with Gasteiger partial charge < -0.3 is 31.1 Å². The van der Waals surface area contributed by atoms with Gasteiger partial charge in [0.25, 0.3) is 0 Å². The Morgan fingerprint density at radius 2 is 1.09 bits per heavy atom. The van der Waals surface area contributed by atoms with E-state index in [0.717, 1.165) is 28.1 Å². The van der Waals surface area contributed by atoms with Crippen molar-refractivity contribution in [2.75, 3.05) is 10.6 Å². The quantitative estimate of drug-likeness (QED) is 0.363. The van der Waals surface area contributed by atoms with E-state index in [1.165, 1.54) is 0 Å². The van der Waals surface area contributed by atoms with Crippen LogP contribution in [0.15, 0.2) is 78.9 Å². The largest absolute Gasteiger partial charge is 0.364 e. The zero-order valence-corrected chi connectivity index (χ0v) is 24.8. The summed E-state index contributed by atoms with van der Waals surface area (Å²) in [5.74, 6) is -0.562. The molecule has 0 radical (unpaired) electrons. The Morgan fingerprint density at radius 3 is 1.62 bits per heavy atom. The first-order valence-corrected chi connectivity index (χ1v) is 15.9. The molecule has 0 aliphatic carbocycles. The van der Waals surface area contributed by atoms with Crippen LogP contribution < -0.4 is 21.3 Å². The molecule has 0 aromatic heterocycles. The summed E-state index contributed by atoms with van der Waals surface area (Å²) in [5.41, 5.74) is 3.16. The number of benzene rings is 3. The van der Waals surface area contributed by atoms with Gasteiger partial charge in [-0.05, 0) is 48.1 Å². The van der Waals surface area contributed by atoms with Crippen molar-refractivity contribution in [1.82, 2.24) is 20.4 Å². The monoisotopic (exact) mass is 602 g/mol. The topological polar surface area (TPSA) is 123 Å². The van der Waals surface area contributed by atoms with Crippen molar-refractivity contribution in [3.05, 3.63) is 95.6 Å². The van der Waals surface area contributed by atoms with Crippen LogP contribution in [-0.2, 0) is 36.4 Å². The van der Waals surface area contributed by atoms with Gasteiger partial charge >= 0.3 is 0 Å². The van der Waals surface area contributed by atoms with Gasteiger partial charge in [-0.15, -0.1) is 0 Å². The summed E-state index contributed by atoms with van der Waals surface area (Å²) in [5, 5.41) is 13.4. The lowest BCUT2D eigenvalue weighted by Crippen LogP contribution is -2.66. The lowest BCUT2D eigenvalue weighted by Gasteiger charge is -2.48. The number of nitrogens with zero attached hydrogens (tertiary/aromatic N) is 2. The second-order valence-corrected chi connectivity index (χ2v) is 13.3. The second kappa shape index (κ2) is 9.09. The average molecular weight is 603 g/mol. The van der Waals surface area contributed by atoms with Crippen LogP contribution in [-0.4, -0.2) is 69.9 Å². The maximum Gasteiger partial charge on any atom is 0.247 e. The van der Waals surface area contributed by atoms with E-state index in [4.69, 9.17) is 0 Å². The van der Waals surface area contributed by atoms with Crippen LogP contribution in [0, 0.1) is 0 Å². The number of rotatable bonds is 4. The highest BCUT2D eigenvalue weighted by molar-refractivity contribution is 6.01. The summed E-state index contributed by atoms with van der Waals surface area (Å²) in [4.78, 5) is 59.9. The molecular weight excluding hydrogens is 568 g/mol. The third-order valence-corrected chi connectivity index (χ3v) is 11.4. The molecule has 3 aromatic carbocycles. The van der Waals surface area contributed by atoms with E-state index in [0.29, 0.717) is 25.7 Å². The van der Waals surface area contributed by atoms with Crippen LogP contribution in [0.3, 0.4) is 0 Å². The van der Waals surface area contributed by atoms with Crippen molar-refractivity contribution in [3.8, 4) is 0 Å². The van der Waals surface area contributed by atoms with Gasteiger partial charge in [0, 0.05) is 17.8 Å². The first-order valence-electron chi connectivity index (χ1n) is 15.9. The minimum absolute atomic E-state index is 0.103. The van der Waals surface area contributed by atoms with Gasteiger partial charge in [-0.25, -0.2) is 0 Å². The van der Waals surface area contributed by atoms with Crippen molar-refractivity contribution in [2.45, 2.75) is 79.9 Å². The van der Waals surface area contributed by atoms with Crippen LogP contribution in [0.25, 0.3) is 0 Å². The molecule has 9 rings (SSSR count). The molecule has 4 saturated heterocycles. The van der Waals surface area contributed by atoms with Crippen LogP contribution in [0.2, 0.25) is 0 Å². The van der Waals surface area contributed by atoms with Crippen LogP contribution in [0.5, 0.6) is 0 Å². The summed E-state index contributed by atoms with van der Waals surface area (Å²) in [6.07, 6.45) is 0.508. The Bertz CT molecular complexity index is 1800. The van der Waals surface area contributed by atoms with Crippen molar-refractivity contribution in [2.24, 2.45) is 0 Å². The first-order chi connectivity index (χ1) is 21.9. The molecule has 10 heteroatoms. The van der Waals surface area contributed by atoms with E-state index in [1.54, 1.807) is 9.80 Å². The summed E-state index contributed by atoms with van der Waals surface area (Å²) < 4.78 is 0. The molecule has 6 aliphatic heterocycles. The molecule has 8 atom stereocenters. The molecule has 10 nitrogen and oxygen atoms in total. The number of carbonyl (C=O) groups is 4. The van der Waals surface area contributed by atoms with Gasteiger partial charge in [0.05, 0.1) is 10.8 Å². The third-order valence-electron chi connectivity index (χ3n) is 11.4. The van der Waals surface area contributed by atoms with Crippen molar-refractivity contribution in [3.63, 3.8) is 0 Å². The van der Waals surface area contributed by atoms with E-state index in [1.807, 2.05) is 73.7 Å². The molecule has 6 heterocycles. The molecule has 228 valence electrons. The highest BCUT2D eigenvalue weighted by atomic mass is 16.2. The molecule has 3 aromatic rings. The number of hydrogen-bond donors (Lipinski definition) is 4. The maximum absolute atomic E-state index is 14.5. The van der Waals surface area contributed by atoms with Crippen LogP contribution in [0.1, 0.15) is 42.9 Å². The lowest BCUT2D eigenvalue weighted by atomic mass is 9.54. The number of carbonyl (C=O) groups excluding carboxylic acids is 4. The summed E-state index contributed by atoms with van der Waals surface area (Å²) in [7, 11) is 0. The van der Waals surface area contributed by atoms with Gasteiger partial charge in [0.15, 0.2) is 0 Å². The smallest absolute Gasteiger partial charge is 0.247 e. The zero-order valence-electron chi connectivity index (χ0n) is 24.8. The number of para-hydroxylation sites is 2. The zero-order chi connectivity index (χ0) is 30.7. The van der Waals surface area contributed by atoms with E-state index in [-0.39, 0.29) is 23.6 Å². The Hall–Kier alpha value is -4.86. The summed E-state index contributed by atoms with van der Waals surface area (Å²) >= 11 is 0. The highest BCUT2D eigenvalue weighted by Gasteiger charge is 2.78. The summed E-state index contributed by atoms with van der Waals surface area (Å²) in [6.45, 7) is 1.90. The van der Waals surface area contributed by atoms with Crippen LogP contribution >= 0.6 is 0 Å². The second-order valence-electron chi connectivity index (χ2n) is 13.3. The fourth-order valence-electron chi connectivity index (χ4n) is 9.67. The predicted molar refractivity (Wildman–Crippen MR) is 166 cm³/mol. The van der Waals surface area contributed by atoms with Gasteiger partial charge in [-0.1, -0.05) is 73.7 Å². The fraction of sp³-hybridized carbons (Fsp3) is 0.371. The third kappa shape index (κ3) is 3.19. The van der Waals surface area contributed by atoms with Crippen LogP contribution in [0.4, 0.5) is 11.4 Å². The van der Waals surface area contributed by atoms with Gasteiger partial charge in [-0.2, -0.15) is 0 Å². The molecule has 0 saturated carbocycles. The molecule has 0 spiro atoms. The molecule has 0 unspecified atom stereocenters. The molecule has 45 heavy (non-hydrogen) atoms. The number of amides is 4. The molecule has 4 amide bonds. The van der Waals surface area contributed by atoms with E-state index >= 15 is 0 Å². The minimum Gasteiger partial charge on any atom is -0.364 e. The molecule has 6 aliphatic rings. The minimum atomic E-state index is -0.827. The Kier molecular flexibility index (Phi) is 5.36. The summed E-state index contributed by atoms with van der Waals surface area (Å²) in [6, 6.07) is 23.2. The van der Waals surface area contributed by atoms with Crippen molar-refractivity contribution >= 4 is 35.0 Å².